The zero-order valence-electron chi connectivity index (χ0n) is 17.3. The monoisotopic (exact) mass is 411 g/mol. The van der Waals surface area contributed by atoms with Crippen molar-refractivity contribution in [3.63, 3.8) is 0 Å². The maximum Gasteiger partial charge on any atom is 0.410 e. The number of hydrogen-bond acceptors (Lipinski definition) is 5. The molecule has 1 N–H and O–H groups in total. The Labute approximate surface area is 175 Å². The Morgan fingerprint density at radius 2 is 1.47 bits per heavy atom. The summed E-state index contributed by atoms with van der Waals surface area (Å²) in [6.07, 6.45) is -0.870. The molecule has 7 nitrogen and oxygen atoms in total. The molecule has 1 amide bonds. The van der Waals surface area contributed by atoms with E-state index >= 15 is 0 Å². The molecule has 3 rings (SSSR count). The lowest BCUT2D eigenvalue weighted by Gasteiger charge is -2.24. The number of benzene rings is 2. The molecular formula is C23H25NO6. The smallest absolute Gasteiger partial charge is 0.410 e. The van der Waals surface area contributed by atoms with Crippen LogP contribution in [-0.2, 0) is 19.1 Å². The van der Waals surface area contributed by atoms with Crippen LogP contribution in [0.15, 0.2) is 48.5 Å². The van der Waals surface area contributed by atoms with E-state index in [9.17, 15) is 14.4 Å². The quantitative estimate of drug-likeness (QED) is 0.729. The third-order valence-corrected chi connectivity index (χ3v) is 4.66. The fourth-order valence-corrected chi connectivity index (χ4v) is 3.56. The van der Waals surface area contributed by atoms with E-state index in [1.54, 1.807) is 20.8 Å². The Bertz CT molecular complexity index is 917. The summed E-state index contributed by atoms with van der Waals surface area (Å²) in [7, 11) is 0. The third kappa shape index (κ3) is 4.97. The maximum absolute atomic E-state index is 12.6. The van der Waals surface area contributed by atoms with E-state index < -0.39 is 36.7 Å². The summed E-state index contributed by atoms with van der Waals surface area (Å²) in [6.45, 7) is 3.96. The van der Waals surface area contributed by atoms with Crippen molar-refractivity contribution in [2.75, 3.05) is 19.7 Å². The molecule has 0 aromatic heterocycles. The molecule has 0 saturated carbocycles. The van der Waals surface area contributed by atoms with Gasteiger partial charge < -0.3 is 14.6 Å². The Morgan fingerprint density at radius 1 is 0.933 bits per heavy atom. The predicted molar refractivity (Wildman–Crippen MR) is 110 cm³/mol. The molecule has 0 radical (unpaired) electrons. The molecule has 0 atom stereocenters. The minimum Gasteiger partial charge on any atom is -0.480 e. The highest BCUT2D eigenvalue weighted by molar-refractivity contribution is 5.83. The molecule has 7 heteroatoms. The lowest BCUT2D eigenvalue weighted by atomic mass is 9.98. The van der Waals surface area contributed by atoms with Crippen LogP contribution in [-0.4, -0.2) is 53.3 Å². The first kappa shape index (κ1) is 21.4. The van der Waals surface area contributed by atoms with Crippen molar-refractivity contribution < 1.29 is 29.0 Å². The van der Waals surface area contributed by atoms with E-state index in [0.29, 0.717) is 0 Å². The minimum atomic E-state index is -1.24. The van der Waals surface area contributed by atoms with Crippen LogP contribution in [0.4, 0.5) is 4.79 Å². The first-order chi connectivity index (χ1) is 14.2. The van der Waals surface area contributed by atoms with Gasteiger partial charge in [0.25, 0.3) is 0 Å². The van der Waals surface area contributed by atoms with E-state index in [-0.39, 0.29) is 12.5 Å². The highest BCUT2D eigenvalue weighted by atomic mass is 16.6. The summed E-state index contributed by atoms with van der Waals surface area (Å²) in [5.41, 5.74) is 3.52. The number of carboxylic acid groups (broad SMARTS) is 1. The molecule has 0 heterocycles. The van der Waals surface area contributed by atoms with Gasteiger partial charge in [-0.2, -0.15) is 0 Å². The van der Waals surface area contributed by atoms with Crippen molar-refractivity contribution in [1.82, 2.24) is 4.90 Å². The van der Waals surface area contributed by atoms with Gasteiger partial charge in [0.1, 0.15) is 25.3 Å². The molecule has 0 saturated heterocycles. The van der Waals surface area contributed by atoms with Crippen LogP contribution in [0.3, 0.4) is 0 Å². The van der Waals surface area contributed by atoms with Gasteiger partial charge in [0.15, 0.2) is 0 Å². The third-order valence-electron chi connectivity index (χ3n) is 4.66. The SMILES string of the molecule is CC(C)(C)OC(=O)CN(CC(=O)O)C(=O)OCC1c2ccccc2-c2ccccc21. The first-order valence-corrected chi connectivity index (χ1v) is 9.69. The van der Waals surface area contributed by atoms with Gasteiger partial charge in [0.2, 0.25) is 0 Å². The van der Waals surface area contributed by atoms with Gasteiger partial charge in [0, 0.05) is 5.92 Å². The highest BCUT2D eigenvalue weighted by Crippen LogP contribution is 2.44. The second-order valence-electron chi connectivity index (χ2n) is 8.14. The van der Waals surface area contributed by atoms with Gasteiger partial charge in [-0.1, -0.05) is 48.5 Å². The van der Waals surface area contributed by atoms with Crippen LogP contribution in [0.5, 0.6) is 0 Å². The topological polar surface area (TPSA) is 93.1 Å². The average molecular weight is 411 g/mol. The van der Waals surface area contributed by atoms with E-state index in [1.807, 2.05) is 48.5 Å². The number of carboxylic acids is 1. The number of carbonyl (C=O) groups is 3. The predicted octanol–water partition coefficient (Wildman–Crippen LogP) is 3.66. The molecule has 1 aliphatic rings. The van der Waals surface area contributed by atoms with Crippen LogP contribution in [0.2, 0.25) is 0 Å². The van der Waals surface area contributed by atoms with Crippen LogP contribution >= 0.6 is 0 Å². The fraction of sp³-hybridized carbons (Fsp3) is 0.348. The van der Waals surface area contributed by atoms with Crippen molar-refractivity contribution in [1.29, 1.82) is 0 Å². The number of aliphatic carboxylic acids is 1. The van der Waals surface area contributed by atoms with Crippen molar-refractivity contribution >= 4 is 18.0 Å². The molecule has 1 aliphatic carbocycles. The van der Waals surface area contributed by atoms with Gasteiger partial charge >= 0.3 is 18.0 Å². The van der Waals surface area contributed by atoms with Crippen LogP contribution in [0, 0.1) is 0 Å². The normalized spacial score (nSPS) is 12.6. The highest BCUT2D eigenvalue weighted by Gasteiger charge is 2.31. The Balaban J connectivity index is 1.72. The Kier molecular flexibility index (Phi) is 6.10. The first-order valence-electron chi connectivity index (χ1n) is 9.69. The molecule has 0 aliphatic heterocycles. The minimum absolute atomic E-state index is 0.0390. The van der Waals surface area contributed by atoms with Crippen molar-refractivity contribution in [2.45, 2.75) is 32.3 Å². The molecule has 2 aromatic rings. The number of esters is 1. The van der Waals surface area contributed by atoms with Gasteiger partial charge in [0.05, 0.1) is 0 Å². The number of amides is 1. The molecule has 0 spiro atoms. The zero-order valence-corrected chi connectivity index (χ0v) is 17.3. The zero-order chi connectivity index (χ0) is 21.9. The number of hydrogen-bond donors (Lipinski definition) is 1. The van der Waals surface area contributed by atoms with Gasteiger partial charge in [-0.15, -0.1) is 0 Å². The summed E-state index contributed by atoms with van der Waals surface area (Å²) < 4.78 is 10.6. The average Bonchev–Trinajstić information content (AvgIpc) is 2.98. The van der Waals surface area contributed by atoms with Gasteiger partial charge in [-0.3, -0.25) is 14.5 Å². The Hall–Kier alpha value is -3.35. The number of rotatable bonds is 6. The molecule has 0 fully saturated rings. The summed E-state index contributed by atoms with van der Waals surface area (Å²) in [5, 5.41) is 9.12. The standard InChI is InChI=1S/C23H25NO6/c1-23(2,3)30-21(27)13-24(12-20(25)26)22(28)29-14-19-17-10-6-4-8-15(17)16-9-5-7-11-18(16)19/h4-11,19H,12-14H2,1-3H3,(H,25,26). The molecular weight excluding hydrogens is 386 g/mol. The van der Waals surface area contributed by atoms with Crippen molar-refractivity contribution in [3.05, 3.63) is 59.7 Å². The van der Waals surface area contributed by atoms with E-state index in [1.165, 1.54) is 0 Å². The van der Waals surface area contributed by atoms with Gasteiger partial charge in [-0.05, 0) is 43.0 Å². The van der Waals surface area contributed by atoms with E-state index in [2.05, 4.69) is 0 Å². The molecule has 0 unspecified atom stereocenters. The van der Waals surface area contributed by atoms with Crippen LogP contribution in [0.25, 0.3) is 11.1 Å². The van der Waals surface area contributed by atoms with Crippen LogP contribution < -0.4 is 0 Å². The lowest BCUT2D eigenvalue weighted by Crippen LogP contribution is -2.42. The molecule has 158 valence electrons. The summed E-state index contributed by atoms with van der Waals surface area (Å²) in [5.74, 6) is -2.10. The molecule has 2 aromatic carbocycles. The maximum atomic E-state index is 12.6. The number of carbonyl (C=O) groups excluding carboxylic acids is 2. The second kappa shape index (κ2) is 8.57. The second-order valence-corrected chi connectivity index (χ2v) is 8.14. The van der Waals surface area contributed by atoms with Gasteiger partial charge in [-0.25, -0.2) is 4.79 Å². The van der Waals surface area contributed by atoms with Crippen LogP contribution in [0.1, 0.15) is 37.8 Å². The number of ether oxygens (including phenoxy) is 2. The number of nitrogens with zero attached hydrogens (tertiary/aromatic N) is 1. The van der Waals surface area contributed by atoms with Crippen molar-refractivity contribution in [3.8, 4) is 11.1 Å². The lowest BCUT2D eigenvalue weighted by molar-refractivity contribution is -0.156. The number of fused-ring (bicyclic) bond motifs is 3. The summed E-state index contributed by atoms with van der Waals surface area (Å²) in [4.78, 5) is 36.7. The fourth-order valence-electron chi connectivity index (χ4n) is 3.56. The van der Waals surface area contributed by atoms with E-state index in [4.69, 9.17) is 14.6 Å². The molecule has 30 heavy (non-hydrogen) atoms. The molecule has 0 bridgehead atoms. The largest absolute Gasteiger partial charge is 0.480 e. The Morgan fingerprint density at radius 3 is 1.97 bits per heavy atom. The van der Waals surface area contributed by atoms with E-state index in [0.717, 1.165) is 27.2 Å². The summed E-state index contributed by atoms with van der Waals surface area (Å²) >= 11 is 0. The van der Waals surface area contributed by atoms with Crippen molar-refractivity contribution in [2.24, 2.45) is 0 Å². The summed E-state index contributed by atoms with van der Waals surface area (Å²) in [6, 6.07) is 15.8.